The number of methoxy groups -OCH3 is 3. The zero-order valence-electron chi connectivity index (χ0n) is 17.3. The quantitative estimate of drug-likeness (QED) is 0.301. The molecule has 0 aliphatic rings. The predicted octanol–water partition coefficient (Wildman–Crippen LogP) is 3.77. The molecule has 2 aromatic rings. The molecule has 0 saturated heterocycles. The van der Waals surface area contributed by atoms with E-state index in [0.29, 0.717) is 42.7 Å². The molecule has 6 nitrogen and oxygen atoms in total. The Morgan fingerprint density at radius 2 is 1.62 bits per heavy atom. The third kappa shape index (κ3) is 7.26. The molecule has 8 heteroatoms. The summed E-state index contributed by atoms with van der Waals surface area (Å²) in [6, 6.07) is 10.2. The van der Waals surface area contributed by atoms with Gasteiger partial charge in [0.25, 0.3) is 0 Å². The summed E-state index contributed by atoms with van der Waals surface area (Å²) < 4.78 is 29.3. The molecule has 0 aliphatic carbocycles. The van der Waals surface area contributed by atoms with Crippen molar-refractivity contribution in [3.05, 3.63) is 53.3 Å². The Bertz CT molecular complexity index is 785. The Labute approximate surface area is 188 Å². The van der Waals surface area contributed by atoms with Gasteiger partial charge in [-0.3, -0.25) is 0 Å². The number of nitrogens with one attached hydrogen (secondary N) is 2. The Morgan fingerprint density at radius 1 is 0.931 bits per heavy atom. The van der Waals surface area contributed by atoms with Gasteiger partial charge in [0.1, 0.15) is 5.82 Å². The minimum Gasteiger partial charge on any atom is -0.493 e. The summed E-state index contributed by atoms with van der Waals surface area (Å²) in [7, 11) is 4.80. The number of benzene rings is 2. The van der Waals surface area contributed by atoms with Crippen molar-refractivity contribution in [1.82, 2.24) is 10.6 Å². The van der Waals surface area contributed by atoms with Crippen molar-refractivity contribution in [2.45, 2.75) is 19.9 Å². The molecular weight excluding hydrogens is 488 g/mol. The molecule has 0 fully saturated rings. The molecule has 2 rings (SSSR count). The SMILES string of the molecule is CCNC(=NCc1ccc(F)cc1)NCCc1ccc(OC)c(OC)c1OC.I. The Morgan fingerprint density at radius 3 is 2.21 bits per heavy atom. The van der Waals surface area contributed by atoms with Crippen LogP contribution in [-0.2, 0) is 13.0 Å². The first kappa shape index (κ1) is 24.8. The van der Waals surface area contributed by atoms with Crippen LogP contribution >= 0.6 is 24.0 Å². The van der Waals surface area contributed by atoms with Crippen LogP contribution in [0.3, 0.4) is 0 Å². The molecule has 2 aromatic carbocycles. The van der Waals surface area contributed by atoms with Gasteiger partial charge in [0.15, 0.2) is 17.5 Å². The van der Waals surface area contributed by atoms with E-state index >= 15 is 0 Å². The maximum absolute atomic E-state index is 13.0. The lowest BCUT2D eigenvalue weighted by Crippen LogP contribution is -2.38. The average Bonchev–Trinajstić information content (AvgIpc) is 2.72. The van der Waals surface area contributed by atoms with Crippen LogP contribution in [0.1, 0.15) is 18.1 Å². The normalized spacial score (nSPS) is 10.7. The summed E-state index contributed by atoms with van der Waals surface area (Å²) in [4.78, 5) is 4.54. The van der Waals surface area contributed by atoms with E-state index < -0.39 is 0 Å². The molecule has 160 valence electrons. The minimum atomic E-state index is -0.248. The molecule has 0 aromatic heterocycles. The van der Waals surface area contributed by atoms with Gasteiger partial charge in [0, 0.05) is 18.7 Å². The molecule has 0 spiro atoms. The number of hydrogen-bond acceptors (Lipinski definition) is 4. The van der Waals surface area contributed by atoms with Crippen LogP contribution in [0.2, 0.25) is 0 Å². The van der Waals surface area contributed by atoms with Gasteiger partial charge in [0.2, 0.25) is 5.75 Å². The van der Waals surface area contributed by atoms with Crippen molar-refractivity contribution in [1.29, 1.82) is 0 Å². The van der Waals surface area contributed by atoms with Crippen LogP contribution in [0.4, 0.5) is 4.39 Å². The summed E-state index contributed by atoms with van der Waals surface area (Å²) in [5.74, 6) is 2.33. The first-order chi connectivity index (χ1) is 13.6. The highest BCUT2D eigenvalue weighted by Gasteiger charge is 2.15. The predicted molar refractivity (Wildman–Crippen MR) is 124 cm³/mol. The number of guanidine groups is 1. The van der Waals surface area contributed by atoms with Gasteiger partial charge in [-0.2, -0.15) is 0 Å². The van der Waals surface area contributed by atoms with Gasteiger partial charge >= 0.3 is 0 Å². The fourth-order valence-corrected chi connectivity index (χ4v) is 2.78. The molecule has 0 unspecified atom stereocenters. The largest absolute Gasteiger partial charge is 0.493 e. The van der Waals surface area contributed by atoms with E-state index in [9.17, 15) is 4.39 Å². The Hall–Kier alpha value is -2.23. The van der Waals surface area contributed by atoms with Gasteiger partial charge < -0.3 is 24.8 Å². The maximum Gasteiger partial charge on any atom is 0.203 e. The van der Waals surface area contributed by atoms with E-state index in [1.165, 1.54) is 12.1 Å². The third-order valence-corrected chi connectivity index (χ3v) is 4.15. The van der Waals surface area contributed by atoms with Crippen molar-refractivity contribution >= 4 is 29.9 Å². The Balaban J connectivity index is 0.00000420. The van der Waals surface area contributed by atoms with Gasteiger partial charge in [-0.1, -0.05) is 18.2 Å². The van der Waals surface area contributed by atoms with Crippen LogP contribution in [0.5, 0.6) is 17.2 Å². The second kappa shape index (κ2) is 13.1. The van der Waals surface area contributed by atoms with Crippen LogP contribution in [0.15, 0.2) is 41.4 Å². The van der Waals surface area contributed by atoms with Gasteiger partial charge in [-0.25, -0.2) is 9.38 Å². The maximum atomic E-state index is 13.0. The second-order valence-corrected chi connectivity index (χ2v) is 5.99. The zero-order chi connectivity index (χ0) is 20.4. The van der Waals surface area contributed by atoms with Crippen LogP contribution in [0, 0.1) is 5.82 Å². The lowest BCUT2D eigenvalue weighted by molar-refractivity contribution is 0.322. The molecule has 0 atom stereocenters. The zero-order valence-corrected chi connectivity index (χ0v) is 19.6. The first-order valence-electron chi connectivity index (χ1n) is 9.17. The van der Waals surface area contributed by atoms with Crippen LogP contribution in [0.25, 0.3) is 0 Å². The van der Waals surface area contributed by atoms with Crippen molar-refractivity contribution in [3.8, 4) is 17.2 Å². The third-order valence-electron chi connectivity index (χ3n) is 4.15. The number of ether oxygens (including phenoxy) is 3. The van der Waals surface area contributed by atoms with E-state index in [0.717, 1.165) is 17.7 Å². The summed E-state index contributed by atoms with van der Waals surface area (Å²) in [6.45, 7) is 3.87. The minimum absolute atomic E-state index is 0. The first-order valence-corrected chi connectivity index (χ1v) is 9.17. The number of aliphatic imine (C=N–C) groups is 1. The van der Waals surface area contributed by atoms with Crippen molar-refractivity contribution in [2.75, 3.05) is 34.4 Å². The summed E-state index contributed by atoms with van der Waals surface area (Å²) in [5.41, 5.74) is 1.95. The molecule has 2 N–H and O–H groups in total. The standard InChI is InChI=1S/C21H28FN3O3.HI/c1-5-23-21(25-14-15-6-9-17(22)10-7-15)24-13-12-16-8-11-18(26-2)20(28-4)19(16)27-3;/h6-11H,5,12-14H2,1-4H3,(H2,23,24,25);1H. The summed E-state index contributed by atoms with van der Waals surface area (Å²) in [6.07, 6.45) is 0.713. The molecule has 0 radical (unpaired) electrons. The highest BCUT2D eigenvalue weighted by atomic mass is 127. The summed E-state index contributed by atoms with van der Waals surface area (Å²) in [5, 5.41) is 6.51. The highest BCUT2D eigenvalue weighted by molar-refractivity contribution is 14.0. The van der Waals surface area contributed by atoms with Gasteiger partial charge in [-0.15, -0.1) is 24.0 Å². The molecular formula is C21H29FIN3O3. The fourth-order valence-electron chi connectivity index (χ4n) is 2.78. The van der Waals surface area contributed by atoms with Crippen molar-refractivity contribution in [2.24, 2.45) is 4.99 Å². The van der Waals surface area contributed by atoms with E-state index in [1.807, 2.05) is 19.1 Å². The molecule has 29 heavy (non-hydrogen) atoms. The molecule has 0 aliphatic heterocycles. The second-order valence-electron chi connectivity index (χ2n) is 5.99. The average molecular weight is 517 g/mol. The number of halogens is 2. The lowest BCUT2D eigenvalue weighted by Gasteiger charge is -2.16. The lowest BCUT2D eigenvalue weighted by atomic mass is 10.1. The van der Waals surface area contributed by atoms with E-state index in [4.69, 9.17) is 14.2 Å². The van der Waals surface area contributed by atoms with Crippen LogP contribution in [-0.4, -0.2) is 40.4 Å². The topological polar surface area (TPSA) is 64.1 Å². The monoisotopic (exact) mass is 517 g/mol. The molecule has 0 amide bonds. The van der Waals surface area contributed by atoms with Crippen molar-refractivity contribution in [3.63, 3.8) is 0 Å². The van der Waals surface area contributed by atoms with Crippen molar-refractivity contribution < 1.29 is 18.6 Å². The molecule has 0 saturated carbocycles. The molecule has 0 heterocycles. The van der Waals surface area contributed by atoms with Crippen LogP contribution < -0.4 is 24.8 Å². The Kier molecular flexibility index (Phi) is 11.2. The number of hydrogen-bond donors (Lipinski definition) is 2. The van der Waals surface area contributed by atoms with Gasteiger partial charge in [-0.05, 0) is 37.1 Å². The highest BCUT2D eigenvalue weighted by Crippen LogP contribution is 2.39. The van der Waals surface area contributed by atoms with E-state index in [-0.39, 0.29) is 29.8 Å². The van der Waals surface area contributed by atoms with E-state index in [2.05, 4.69) is 15.6 Å². The fraction of sp³-hybridized carbons (Fsp3) is 0.381. The van der Waals surface area contributed by atoms with E-state index in [1.54, 1.807) is 33.5 Å². The smallest absolute Gasteiger partial charge is 0.203 e. The number of rotatable bonds is 9. The summed E-state index contributed by atoms with van der Waals surface area (Å²) >= 11 is 0. The molecule has 0 bridgehead atoms. The van der Waals surface area contributed by atoms with Gasteiger partial charge in [0.05, 0.1) is 27.9 Å². The number of nitrogens with zero attached hydrogens (tertiary/aromatic N) is 1.